The lowest BCUT2D eigenvalue weighted by molar-refractivity contribution is -0.158. The maximum Gasteiger partial charge on any atom is 0.302 e. The highest BCUT2D eigenvalue weighted by Gasteiger charge is 2.59. The van der Waals surface area contributed by atoms with Gasteiger partial charge in [0.05, 0.1) is 5.71 Å². The van der Waals surface area contributed by atoms with Crippen LogP contribution in [-0.2, 0) is 9.53 Å². The summed E-state index contributed by atoms with van der Waals surface area (Å²) in [6.45, 7) is 6.41. The lowest BCUT2D eigenvalue weighted by Crippen LogP contribution is -2.54. The zero-order valence-electron chi connectivity index (χ0n) is 16.0. The highest BCUT2D eigenvalue weighted by atomic mass is 16.5. The summed E-state index contributed by atoms with van der Waals surface area (Å²) in [4.78, 5) is 11.3. The molecule has 4 fully saturated rings. The summed E-state index contributed by atoms with van der Waals surface area (Å²) in [6, 6.07) is 0. The molecule has 4 rings (SSSR count). The van der Waals surface area contributed by atoms with Gasteiger partial charge in [-0.3, -0.25) is 4.79 Å². The van der Waals surface area contributed by atoms with Crippen molar-refractivity contribution in [3.05, 3.63) is 0 Å². The molecular formula is C21H33NO3. The molecule has 0 radical (unpaired) electrons. The number of rotatable bonds is 1. The number of carbonyl (C=O) groups is 1. The van der Waals surface area contributed by atoms with E-state index in [4.69, 9.17) is 4.74 Å². The van der Waals surface area contributed by atoms with E-state index in [1.165, 1.54) is 45.4 Å². The van der Waals surface area contributed by atoms with E-state index >= 15 is 0 Å². The first-order valence-electron chi connectivity index (χ1n) is 10.3. The first-order valence-corrected chi connectivity index (χ1v) is 10.3. The Morgan fingerprint density at radius 2 is 1.92 bits per heavy atom. The second-order valence-corrected chi connectivity index (χ2v) is 9.70. The van der Waals surface area contributed by atoms with Crippen LogP contribution in [0.4, 0.5) is 0 Å². The third-order valence-corrected chi connectivity index (χ3v) is 8.81. The van der Waals surface area contributed by atoms with E-state index < -0.39 is 0 Å². The number of carbonyl (C=O) groups excluding carboxylic acids is 1. The molecule has 0 aromatic heterocycles. The van der Waals surface area contributed by atoms with Crippen LogP contribution in [0.5, 0.6) is 0 Å². The molecule has 4 aliphatic carbocycles. The molecule has 1 N–H and O–H groups in total. The molecule has 0 unspecified atom stereocenters. The van der Waals surface area contributed by atoms with Gasteiger partial charge in [-0.15, -0.1) is 0 Å². The summed E-state index contributed by atoms with van der Waals surface area (Å²) in [5.41, 5.74) is 1.59. The number of nitrogens with zero attached hydrogens (tertiary/aromatic N) is 1. The van der Waals surface area contributed by atoms with Crippen molar-refractivity contribution in [3.8, 4) is 0 Å². The predicted molar refractivity (Wildman–Crippen MR) is 96.5 cm³/mol. The third kappa shape index (κ3) is 2.54. The Kier molecular flexibility index (Phi) is 4.16. The fourth-order valence-corrected chi connectivity index (χ4v) is 7.51. The predicted octanol–water partition coefficient (Wildman–Crippen LogP) is 4.79. The molecule has 0 bridgehead atoms. The number of fused-ring (bicyclic) bond motifs is 5. The zero-order valence-corrected chi connectivity index (χ0v) is 16.0. The van der Waals surface area contributed by atoms with Gasteiger partial charge in [0, 0.05) is 12.3 Å². The van der Waals surface area contributed by atoms with Crippen molar-refractivity contribution in [1.82, 2.24) is 0 Å². The maximum absolute atomic E-state index is 11.3. The van der Waals surface area contributed by atoms with Crippen molar-refractivity contribution in [2.45, 2.75) is 84.7 Å². The first-order chi connectivity index (χ1) is 11.9. The second-order valence-electron chi connectivity index (χ2n) is 9.70. The van der Waals surface area contributed by atoms with Crippen LogP contribution in [0.1, 0.15) is 78.6 Å². The van der Waals surface area contributed by atoms with Crippen LogP contribution in [0.15, 0.2) is 5.16 Å². The molecule has 0 aromatic rings. The minimum Gasteiger partial charge on any atom is -0.463 e. The van der Waals surface area contributed by atoms with Crippen LogP contribution < -0.4 is 0 Å². The molecule has 0 saturated heterocycles. The van der Waals surface area contributed by atoms with Crippen LogP contribution >= 0.6 is 0 Å². The number of oxime groups is 1. The fourth-order valence-electron chi connectivity index (χ4n) is 7.51. The van der Waals surface area contributed by atoms with Crippen molar-refractivity contribution in [2.75, 3.05) is 0 Å². The largest absolute Gasteiger partial charge is 0.463 e. The van der Waals surface area contributed by atoms with E-state index in [1.807, 2.05) is 0 Å². The minimum absolute atomic E-state index is 0.127. The van der Waals surface area contributed by atoms with Gasteiger partial charge in [-0.25, -0.2) is 0 Å². The zero-order chi connectivity index (χ0) is 17.8. The van der Waals surface area contributed by atoms with Crippen LogP contribution in [0.25, 0.3) is 0 Å². The molecule has 0 amide bonds. The third-order valence-electron chi connectivity index (χ3n) is 8.81. The average molecular weight is 347 g/mol. The summed E-state index contributed by atoms with van der Waals surface area (Å²) in [7, 11) is 0. The van der Waals surface area contributed by atoms with Gasteiger partial charge in [0.15, 0.2) is 0 Å². The lowest BCUT2D eigenvalue weighted by atomic mass is 9.45. The second kappa shape index (κ2) is 5.99. The molecule has 0 aliphatic heterocycles. The first kappa shape index (κ1) is 17.4. The summed E-state index contributed by atoms with van der Waals surface area (Å²) < 4.78 is 5.55. The standard InChI is InChI=1S/C21H33NO3/c1-13(23)25-15-8-10-20(2)14(12-15)4-5-16-17-6-7-19(22-24)21(17,3)11-9-18(16)20/h14-18,24H,4-12H2,1-3H3/b22-19+/t14-,15-,16-,17-,18-,20-,21-/m0/s1. The van der Waals surface area contributed by atoms with Gasteiger partial charge in [0.25, 0.3) is 0 Å². The van der Waals surface area contributed by atoms with Gasteiger partial charge in [0.2, 0.25) is 0 Å². The Hall–Kier alpha value is -1.06. The molecule has 140 valence electrons. The van der Waals surface area contributed by atoms with Crippen molar-refractivity contribution in [3.63, 3.8) is 0 Å². The molecule has 4 saturated carbocycles. The van der Waals surface area contributed by atoms with Crippen LogP contribution in [0.2, 0.25) is 0 Å². The molecule has 4 nitrogen and oxygen atoms in total. The van der Waals surface area contributed by atoms with E-state index in [2.05, 4.69) is 19.0 Å². The van der Waals surface area contributed by atoms with E-state index in [-0.39, 0.29) is 17.5 Å². The van der Waals surface area contributed by atoms with Gasteiger partial charge in [-0.05, 0) is 86.9 Å². The van der Waals surface area contributed by atoms with Gasteiger partial charge in [-0.1, -0.05) is 19.0 Å². The molecular weight excluding hydrogens is 314 g/mol. The van der Waals surface area contributed by atoms with Gasteiger partial charge >= 0.3 is 5.97 Å². The number of ether oxygens (including phenoxy) is 1. The summed E-state index contributed by atoms with van der Waals surface area (Å²) in [6.07, 6.45) is 10.6. The molecule has 4 heteroatoms. The topological polar surface area (TPSA) is 58.9 Å². The molecule has 4 aliphatic rings. The smallest absolute Gasteiger partial charge is 0.302 e. The monoisotopic (exact) mass is 347 g/mol. The Balaban J connectivity index is 1.55. The van der Waals surface area contributed by atoms with Crippen molar-refractivity contribution < 1.29 is 14.7 Å². The molecule has 0 aromatic carbocycles. The van der Waals surface area contributed by atoms with Gasteiger partial charge in [0.1, 0.15) is 6.10 Å². The minimum atomic E-state index is -0.127. The Morgan fingerprint density at radius 3 is 2.64 bits per heavy atom. The van der Waals surface area contributed by atoms with Gasteiger partial charge in [-0.2, -0.15) is 0 Å². The van der Waals surface area contributed by atoms with Crippen molar-refractivity contribution in [1.29, 1.82) is 0 Å². The lowest BCUT2D eigenvalue weighted by Gasteiger charge is -2.60. The molecule has 0 heterocycles. The Labute approximate surface area is 151 Å². The van der Waals surface area contributed by atoms with Crippen molar-refractivity contribution in [2.24, 2.45) is 39.7 Å². The SMILES string of the molecule is CC(=O)O[C@H]1CC[C@@]2(C)[C@@H](CC[C@@H]3[C@@H]2CC[C@]2(C)/C(=N/O)CC[C@@H]32)C1. The summed E-state index contributed by atoms with van der Waals surface area (Å²) >= 11 is 0. The maximum atomic E-state index is 11.3. The number of hydrogen-bond acceptors (Lipinski definition) is 4. The van der Waals surface area contributed by atoms with Gasteiger partial charge < -0.3 is 9.94 Å². The van der Waals surface area contributed by atoms with Crippen LogP contribution in [-0.4, -0.2) is 23.0 Å². The highest BCUT2D eigenvalue weighted by molar-refractivity contribution is 5.91. The van der Waals surface area contributed by atoms with E-state index in [0.717, 1.165) is 36.8 Å². The average Bonchev–Trinajstić information content (AvgIpc) is 2.91. The van der Waals surface area contributed by atoms with Crippen molar-refractivity contribution >= 4 is 11.7 Å². The fraction of sp³-hybridized carbons (Fsp3) is 0.905. The van der Waals surface area contributed by atoms with E-state index in [1.54, 1.807) is 0 Å². The molecule has 25 heavy (non-hydrogen) atoms. The molecule has 7 atom stereocenters. The quantitative estimate of drug-likeness (QED) is 0.421. The van der Waals surface area contributed by atoms with E-state index in [0.29, 0.717) is 17.3 Å². The molecule has 0 spiro atoms. The van der Waals surface area contributed by atoms with Crippen LogP contribution in [0, 0.1) is 34.5 Å². The Morgan fingerprint density at radius 1 is 1.12 bits per heavy atom. The number of esters is 1. The summed E-state index contributed by atoms with van der Waals surface area (Å²) in [5, 5.41) is 13.1. The van der Waals surface area contributed by atoms with Crippen LogP contribution in [0.3, 0.4) is 0 Å². The Bertz CT molecular complexity index is 588. The number of hydrogen-bond donors (Lipinski definition) is 1. The van der Waals surface area contributed by atoms with E-state index in [9.17, 15) is 10.0 Å². The highest BCUT2D eigenvalue weighted by Crippen LogP contribution is 2.65. The summed E-state index contributed by atoms with van der Waals surface area (Å²) in [5.74, 6) is 2.84. The normalized spacial score (nSPS) is 50.7.